The zero-order valence-electron chi connectivity index (χ0n) is 13.8. The van der Waals surface area contributed by atoms with Crippen LogP contribution < -0.4 is 4.74 Å². The number of ketones is 1. The number of Topliss-reactive ketones (excluding diaryl/α,β-unsaturated/α-hetero) is 1. The van der Waals surface area contributed by atoms with Crippen molar-refractivity contribution in [3.8, 4) is 5.88 Å². The van der Waals surface area contributed by atoms with Gasteiger partial charge >= 0.3 is 0 Å². The third-order valence-electron chi connectivity index (χ3n) is 4.47. The first kappa shape index (κ1) is 17.6. The Balaban J connectivity index is 1.82. The van der Waals surface area contributed by atoms with E-state index in [9.17, 15) is 4.79 Å². The molecule has 0 spiro atoms. The number of halogens is 3. The van der Waals surface area contributed by atoms with E-state index in [-0.39, 0.29) is 12.2 Å². The van der Waals surface area contributed by atoms with Gasteiger partial charge in [0, 0.05) is 41.9 Å². The number of ether oxygens (including phenoxy) is 1. The molecule has 0 radical (unpaired) electrons. The number of hydrogen-bond acceptors (Lipinski definition) is 4. The van der Waals surface area contributed by atoms with Crippen molar-refractivity contribution in [3.05, 3.63) is 56.4 Å². The minimum atomic E-state index is -0.156. The van der Waals surface area contributed by atoms with E-state index < -0.39 is 0 Å². The van der Waals surface area contributed by atoms with Gasteiger partial charge in [-0.3, -0.25) is 9.78 Å². The van der Waals surface area contributed by atoms with Crippen molar-refractivity contribution in [2.45, 2.75) is 25.2 Å². The monoisotopic (exact) mass is 409 g/mol. The van der Waals surface area contributed by atoms with Crippen LogP contribution in [0.1, 0.15) is 40.4 Å². The average Bonchev–Trinajstić information content (AvgIpc) is 3.41. The smallest absolute Gasteiger partial charge is 0.214 e. The Labute approximate surface area is 164 Å². The van der Waals surface area contributed by atoms with E-state index in [1.165, 1.54) is 12.4 Å². The number of carbonyl (C=O) groups is 1. The van der Waals surface area contributed by atoms with E-state index in [0.29, 0.717) is 43.5 Å². The lowest BCUT2D eigenvalue weighted by Gasteiger charge is -2.09. The van der Waals surface area contributed by atoms with Crippen molar-refractivity contribution >= 4 is 46.1 Å². The summed E-state index contributed by atoms with van der Waals surface area (Å²) in [4.78, 5) is 16.9. The molecule has 1 aliphatic rings. The van der Waals surface area contributed by atoms with Crippen molar-refractivity contribution in [3.63, 3.8) is 0 Å². The number of hydrogen-bond donors (Lipinski definition) is 0. The summed E-state index contributed by atoms with van der Waals surface area (Å²) in [5, 5.41) is 5.79. The summed E-state index contributed by atoms with van der Waals surface area (Å²) in [7, 11) is 1.55. The van der Waals surface area contributed by atoms with Gasteiger partial charge in [0.25, 0.3) is 0 Å². The fourth-order valence-corrected chi connectivity index (χ4v) is 3.84. The molecule has 0 amide bonds. The fraction of sp³-hybridized carbons (Fsp3) is 0.278. The molecule has 134 valence electrons. The van der Waals surface area contributed by atoms with Gasteiger partial charge in [-0.25, -0.2) is 0 Å². The highest BCUT2D eigenvalue weighted by molar-refractivity contribution is 6.37. The van der Waals surface area contributed by atoms with Crippen molar-refractivity contribution in [1.29, 1.82) is 0 Å². The van der Waals surface area contributed by atoms with Crippen LogP contribution in [0.15, 0.2) is 24.5 Å². The van der Waals surface area contributed by atoms with Crippen molar-refractivity contribution in [2.75, 3.05) is 7.11 Å². The number of rotatable bonds is 5. The maximum atomic E-state index is 13.0. The van der Waals surface area contributed by atoms with E-state index in [1.807, 2.05) is 0 Å². The molecule has 4 rings (SSSR count). The van der Waals surface area contributed by atoms with Gasteiger partial charge in [0.2, 0.25) is 5.88 Å². The Bertz CT molecular complexity index is 1010. The lowest BCUT2D eigenvalue weighted by molar-refractivity contribution is 0.0994. The van der Waals surface area contributed by atoms with Crippen LogP contribution >= 0.6 is 34.8 Å². The van der Waals surface area contributed by atoms with Crippen LogP contribution in [-0.4, -0.2) is 27.5 Å². The minimum absolute atomic E-state index is 0.0441. The molecular formula is C18H14Cl3N3O2. The predicted octanol–water partition coefficient (Wildman–Crippen LogP) is 5.00. The quantitative estimate of drug-likeness (QED) is 0.555. The van der Waals surface area contributed by atoms with Crippen molar-refractivity contribution < 1.29 is 9.53 Å². The van der Waals surface area contributed by atoms with Gasteiger partial charge in [0.05, 0.1) is 33.4 Å². The highest BCUT2D eigenvalue weighted by Crippen LogP contribution is 2.44. The number of fused-ring (bicyclic) bond motifs is 1. The Morgan fingerprint density at radius 2 is 1.92 bits per heavy atom. The summed E-state index contributed by atoms with van der Waals surface area (Å²) in [5.41, 5.74) is 2.36. The van der Waals surface area contributed by atoms with Gasteiger partial charge < -0.3 is 4.74 Å². The highest BCUT2D eigenvalue weighted by atomic mass is 35.5. The van der Waals surface area contributed by atoms with E-state index >= 15 is 0 Å². The van der Waals surface area contributed by atoms with Gasteiger partial charge in [-0.15, -0.1) is 0 Å². The molecule has 3 aromatic heterocycles. The van der Waals surface area contributed by atoms with Gasteiger partial charge in [-0.2, -0.15) is 9.61 Å². The van der Waals surface area contributed by atoms with Gasteiger partial charge in [-0.1, -0.05) is 34.8 Å². The second kappa shape index (κ2) is 6.72. The molecule has 0 N–H and O–H groups in total. The number of methoxy groups -OCH3 is 1. The summed E-state index contributed by atoms with van der Waals surface area (Å²) in [6.07, 6.45) is 5.09. The predicted molar refractivity (Wildman–Crippen MR) is 101 cm³/mol. The van der Waals surface area contributed by atoms with Crippen LogP contribution in [0.5, 0.6) is 5.88 Å². The maximum Gasteiger partial charge on any atom is 0.214 e. The summed E-state index contributed by atoms with van der Waals surface area (Å²) >= 11 is 18.9. The Morgan fingerprint density at radius 3 is 2.54 bits per heavy atom. The molecule has 0 saturated heterocycles. The molecule has 0 atom stereocenters. The van der Waals surface area contributed by atoms with Crippen LogP contribution in [-0.2, 0) is 6.42 Å². The zero-order chi connectivity index (χ0) is 18.4. The van der Waals surface area contributed by atoms with Gasteiger partial charge in [0.1, 0.15) is 0 Å². The summed E-state index contributed by atoms with van der Waals surface area (Å²) in [6.45, 7) is 0. The second-order valence-electron chi connectivity index (χ2n) is 6.20. The Hall–Kier alpha value is -1.82. The zero-order valence-corrected chi connectivity index (χ0v) is 16.1. The Morgan fingerprint density at radius 1 is 1.23 bits per heavy atom. The molecule has 8 heteroatoms. The van der Waals surface area contributed by atoms with Gasteiger partial charge in [0.15, 0.2) is 5.78 Å². The first-order valence-corrected chi connectivity index (χ1v) is 9.20. The van der Waals surface area contributed by atoms with Gasteiger partial charge in [-0.05, 0) is 18.9 Å². The molecule has 0 bridgehead atoms. The van der Waals surface area contributed by atoms with Crippen molar-refractivity contribution in [1.82, 2.24) is 14.6 Å². The van der Waals surface area contributed by atoms with E-state index in [4.69, 9.17) is 39.5 Å². The third-order valence-corrected chi connectivity index (χ3v) is 5.50. The topological polar surface area (TPSA) is 56.5 Å². The van der Waals surface area contributed by atoms with E-state index in [1.54, 1.807) is 23.8 Å². The van der Waals surface area contributed by atoms with Crippen LogP contribution in [0.25, 0.3) is 5.52 Å². The molecule has 0 aliphatic heterocycles. The first-order valence-electron chi connectivity index (χ1n) is 8.07. The molecule has 1 saturated carbocycles. The third kappa shape index (κ3) is 2.94. The summed E-state index contributed by atoms with van der Waals surface area (Å²) in [5.74, 6) is 0.710. The lowest BCUT2D eigenvalue weighted by atomic mass is 10.0. The number of nitrogens with zero attached hydrogens (tertiary/aromatic N) is 3. The molecule has 5 nitrogen and oxygen atoms in total. The lowest BCUT2D eigenvalue weighted by Crippen LogP contribution is -2.08. The number of carbonyl (C=O) groups excluding carboxylic acids is 1. The Kier molecular flexibility index (Phi) is 4.55. The minimum Gasteiger partial charge on any atom is -0.481 e. The van der Waals surface area contributed by atoms with Crippen LogP contribution in [0.4, 0.5) is 0 Å². The summed E-state index contributed by atoms with van der Waals surface area (Å²) in [6, 6.07) is 3.40. The molecule has 0 aromatic carbocycles. The SMILES string of the molecule is COc1ccc(C(=O)Cc2c(Cl)cncc2Cl)c2c(Cl)c(C3CC3)nn12. The number of pyridine rings is 2. The highest BCUT2D eigenvalue weighted by Gasteiger charge is 2.32. The molecule has 26 heavy (non-hydrogen) atoms. The second-order valence-corrected chi connectivity index (χ2v) is 7.40. The standard InChI is InChI=1S/C18H14Cl3N3O2/c1-26-15-5-4-10(14(25)6-11-12(19)7-22-8-13(11)20)18-16(21)17(9-2-3-9)23-24(15)18/h4-5,7-9H,2-3,6H2,1H3. The van der Waals surface area contributed by atoms with Crippen LogP contribution in [0.3, 0.4) is 0 Å². The molecular weight excluding hydrogens is 397 g/mol. The van der Waals surface area contributed by atoms with E-state index in [0.717, 1.165) is 18.5 Å². The fourth-order valence-electron chi connectivity index (χ4n) is 2.97. The molecule has 1 aliphatic carbocycles. The van der Waals surface area contributed by atoms with Crippen LogP contribution in [0.2, 0.25) is 15.1 Å². The largest absolute Gasteiger partial charge is 0.481 e. The normalized spacial score (nSPS) is 14.0. The van der Waals surface area contributed by atoms with Crippen LogP contribution in [0, 0.1) is 0 Å². The molecule has 0 unspecified atom stereocenters. The maximum absolute atomic E-state index is 13.0. The molecule has 3 heterocycles. The molecule has 1 fully saturated rings. The van der Waals surface area contributed by atoms with Crippen molar-refractivity contribution in [2.24, 2.45) is 0 Å². The van der Waals surface area contributed by atoms with E-state index in [2.05, 4.69) is 10.1 Å². The number of aromatic nitrogens is 3. The summed E-state index contributed by atoms with van der Waals surface area (Å²) < 4.78 is 6.96. The molecule has 3 aromatic rings. The average molecular weight is 411 g/mol. The first-order chi connectivity index (χ1) is 12.5.